The van der Waals surface area contributed by atoms with Crippen molar-refractivity contribution in [1.29, 1.82) is 0 Å². The fourth-order valence-corrected chi connectivity index (χ4v) is 10.0. The van der Waals surface area contributed by atoms with Crippen LogP contribution in [0.1, 0.15) is 107 Å². The van der Waals surface area contributed by atoms with Crippen molar-refractivity contribution < 1.29 is 4.39 Å². The molecular weight excluding hydrogens is 419 g/mol. The van der Waals surface area contributed by atoms with Crippen molar-refractivity contribution in [3.05, 3.63) is 59.4 Å². The van der Waals surface area contributed by atoms with Crippen LogP contribution < -0.4 is 0 Å². The number of benzene rings is 2. The van der Waals surface area contributed by atoms with Gasteiger partial charge in [-0.1, -0.05) is 100 Å². The van der Waals surface area contributed by atoms with Gasteiger partial charge in [0.2, 0.25) is 0 Å². The summed E-state index contributed by atoms with van der Waals surface area (Å²) in [5.74, 6) is 2.18. The second-order valence-corrected chi connectivity index (χ2v) is 14.5. The first-order valence-corrected chi connectivity index (χ1v) is 16.5. The molecule has 1 saturated carbocycles. The van der Waals surface area contributed by atoms with Crippen molar-refractivity contribution >= 4 is 8.80 Å². The maximum atomic E-state index is 15.1. The maximum absolute atomic E-state index is 15.1. The molecule has 0 bridgehead atoms. The molecule has 0 unspecified atom stereocenters. The van der Waals surface area contributed by atoms with Crippen molar-refractivity contribution in [1.82, 2.24) is 0 Å². The van der Waals surface area contributed by atoms with Crippen LogP contribution in [0.2, 0.25) is 18.1 Å². The minimum absolute atomic E-state index is 0.0410. The van der Waals surface area contributed by atoms with E-state index in [2.05, 4.69) is 44.2 Å². The summed E-state index contributed by atoms with van der Waals surface area (Å²) in [5, 5.41) is 0. The quantitative estimate of drug-likeness (QED) is 0.256. The Morgan fingerprint density at radius 3 is 2.06 bits per heavy atom. The van der Waals surface area contributed by atoms with Crippen molar-refractivity contribution in [2.75, 3.05) is 0 Å². The number of rotatable bonds is 9. The lowest BCUT2D eigenvalue weighted by Gasteiger charge is -2.29. The monoisotopic (exact) mass is 464 g/mol. The van der Waals surface area contributed by atoms with Crippen LogP contribution in [0.25, 0.3) is 11.1 Å². The molecule has 4 rings (SSSR count). The molecule has 2 fully saturated rings. The summed E-state index contributed by atoms with van der Waals surface area (Å²) in [7, 11) is -0.481. The minimum Gasteiger partial charge on any atom is -0.206 e. The highest BCUT2D eigenvalue weighted by molar-refractivity contribution is 6.59. The minimum atomic E-state index is -0.481. The third kappa shape index (κ3) is 6.59. The molecule has 0 atom stereocenters. The van der Waals surface area contributed by atoms with Gasteiger partial charge >= 0.3 is 0 Å². The van der Waals surface area contributed by atoms with Crippen molar-refractivity contribution in [2.24, 2.45) is 5.92 Å². The zero-order chi connectivity index (χ0) is 23.0. The number of unbranched alkanes of at least 4 members (excludes halogenated alkanes) is 2. The van der Waals surface area contributed by atoms with Crippen LogP contribution in [0.4, 0.5) is 4.39 Å². The lowest BCUT2D eigenvalue weighted by molar-refractivity contribution is 0.303. The Balaban J connectivity index is 1.33. The number of hydrogen-bond donors (Lipinski definition) is 0. The number of hydrogen-bond acceptors (Lipinski definition) is 0. The molecule has 0 radical (unpaired) electrons. The Labute approximate surface area is 204 Å². The first kappa shape index (κ1) is 24.7. The maximum Gasteiger partial charge on any atom is 0.131 e. The molecule has 0 amide bonds. The van der Waals surface area contributed by atoms with Crippen molar-refractivity contribution in [3.8, 4) is 11.1 Å². The van der Waals surface area contributed by atoms with Crippen LogP contribution in [-0.2, 0) is 0 Å². The molecule has 33 heavy (non-hydrogen) atoms. The molecule has 0 N–H and O–H groups in total. The fourth-order valence-electron chi connectivity index (χ4n) is 6.61. The summed E-state index contributed by atoms with van der Waals surface area (Å²) in [6, 6.07) is 19.3. The topological polar surface area (TPSA) is 0 Å². The predicted octanol–water partition coefficient (Wildman–Crippen LogP) is 9.86. The van der Waals surface area contributed by atoms with Gasteiger partial charge in [-0.15, -0.1) is 0 Å². The summed E-state index contributed by atoms with van der Waals surface area (Å²) >= 11 is 0. The Kier molecular flexibility index (Phi) is 9.24. The summed E-state index contributed by atoms with van der Waals surface area (Å²) < 4.78 is 15.1. The molecule has 1 aliphatic heterocycles. The first-order valence-electron chi connectivity index (χ1n) is 14.1. The molecule has 180 valence electrons. The molecule has 1 heterocycles. The van der Waals surface area contributed by atoms with E-state index in [0.717, 1.165) is 17.0 Å². The molecule has 2 heteroatoms. The van der Waals surface area contributed by atoms with Gasteiger partial charge in [-0.3, -0.25) is 0 Å². The SMILES string of the molecule is CCCCCC1CCC(c2ccc(-c3ccc(C4CC[SiH](CCC)CC4)cc3F)cc2)CC1. The van der Waals surface area contributed by atoms with Crippen LogP contribution >= 0.6 is 0 Å². The smallest absolute Gasteiger partial charge is 0.131 e. The highest BCUT2D eigenvalue weighted by atomic mass is 28.3. The average molecular weight is 465 g/mol. The molecule has 1 aliphatic carbocycles. The Bertz CT molecular complexity index is 842. The average Bonchev–Trinajstić information content (AvgIpc) is 2.85. The Hall–Kier alpha value is -1.41. The third-order valence-electron chi connectivity index (χ3n) is 8.76. The van der Waals surface area contributed by atoms with E-state index in [4.69, 9.17) is 0 Å². The molecule has 0 nitrogen and oxygen atoms in total. The van der Waals surface area contributed by atoms with E-state index in [9.17, 15) is 0 Å². The van der Waals surface area contributed by atoms with E-state index >= 15 is 4.39 Å². The lowest BCUT2D eigenvalue weighted by Crippen LogP contribution is -2.20. The second kappa shape index (κ2) is 12.3. The molecule has 0 aromatic heterocycles. The van der Waals surface area contributed by atoms with Crippen LogP contribution in [0.5, 0.6) is 0 Å². The van der Waals surface area contributed by atoms with Crippen LogP contribution in [0.15, 0.2) is 42.5 Å². The molecule has 2 aromatic rings. The van der Waals surface area contributed by atoms with E-state index in [-0.39, 0.29) is 5.82 Å². The summed E-state index contributed by atoms with van der Waals surface area (Å²) in [6.45, 7) is 4.61. The van der Waals surface area contributed by atoms with Gasteiger partial charge < -0.3 is 0 Å². The van der Waals surface area contributed by atoms with E-state index in [1.165, 1.54) is 99.9 Å². The highest BCUT2D eigenvalue weighted by Crippen LogP contribution is 2.39. The van der Waals surface area contributed by atoms with Gasteiger partial charge in [0.25, 0.3) is 0 Å². The van der Waals surface area contributed by atoms with Crippen LogP contribution in [0.3, 0.4) is 0 Å². The molecule has 2 aromatic carbocycles. The largest absolute Gasteiger partial charge is 0.206 e. The lowest BCUT2D eigenvalue weighted by atomic mass is 9.77. The molecule has 0 spiro atoms. The van der Waals surface area contributed by atoms with Crippen molar-refractivity contribution in [3.63, 3.8) is 0 Å². The fraction of sp³-hybridized carbons (Fsp3) is 0.613. The van der Waals surface area contributed by atoms with Crippen LogP contribution in [-0.4, -0.2) is 8.80 Å². The van der Waals surface area contributed by atoms with Crippen LogP contribution in [0, 0.1) is 11.7 Å². The van der Waals surface area contributed by atoms with Gasteiger partial charge in [-0.05, 0) is 79.0 Å². The summed E-state index contributed by atoms with van der Waals surface area (Å²) in [5.41, 5.74) is 4.47. The van der Waals surface area contributed by atoms with Gasteiger partial charge in [0.1, 0.15) is 5.82 Å². The molecular formula is C31H45FSi. The molecule has 1 saturated heterocycles. The van der Waals surface area contributed by atoms with E-state index in [1.54, 1.807) is 0 Å². The van der Waals surface area contributed by atoms with Gasteiger partial charge in [0, 0.05) is 14.4 Å². The highest BCUT2D eigenvalue weighted by Gasteiger charge is 2.24. The Morgan fingerprint density at radius 2 is 1.42 bits per heavy atom. The zero-order valence-corrected chi connectivity index (χ0v) is 22.3. The Morgan fingerprint density at radius 1 is 0.758 bits per heavy atom. The number of halogens is 1. The third-order valence-corrected chi connectivity index (χ3v) is 12.5. The zero-order valence-electron chi connectivity index (χ0n) is 21.1. The van der Waals surface area contributed by atoms with E-state index < -0.39 is 8.80 Å². The van der Waals surface area contributed by atoms with Gasteiger partial charge in [-0.25, -0.2) is 4.39 Å². The first-order chi connectivity index (χ1) is 16.2. The summed E-state index contributed by atoms with van der Waals surface area (Å²) in [4.78, 5) is 0. The standard InChI is InChI=1S/C31H45FSi/c1-3-5-6-7-24-8-10-25(11-9-24)26-12-14-28(15-13-26)30-17-16-29(23-31(30)32)27-18-21-33(20-4-2)22-19-27/h12-17,23-25,27,33H,3-11,18-22H2,1-2H3. The van der Waals surface area contributed by atoms with E-state index in [0.29, 0.717) is 11.8 Å². The van der Waals surface area contributed by atoms with Gasteiger partial charge in [-0.2, -0.15) is 0 Å². The van der Waals surface area contributed by atoms with Crippen molar-refractivity contribution in [2.45, 2.75) is 114 Å². The normalized spacial score (nSPS) is 25.8. The van der Waals surface area contributed by atoms with E-state index in [1.807, 2.05) is 12.1 Å². The van der Waals surface area contributed by atoms with Gasteiger partial charge in [0.05, 0.1) is 0 Å². The molecule has 2 aliphatic rings. The predicted molar refractivity (Wildman–Crippen MR) is 145 cm³/mol. The summed E-state index contributed by atoms with van der Waals surface area (Å²) in [6.07, 6.45) is 14.9. The van der Waals surface area contributed by atoms with Gasteiger partial charge in [0.15, 0.2) is 0 Å². The second-order valence-electron chi connectivity index (χ2n) is 11.1.